The Hall–Kier alpha value is -1.07. The summed E-state index contributed by atoms with van der Waals surface area (Å²) in [4.78, 5) is 11.0. The van der Waals surface area contributed by atoms with Crippen molar-refractivity contribution < 1.29 is 51.2 Å². The van der Waals surface area contributed by atoms with E-state index in [-0.39, 0.29) is 0 Å². The number of hydrogen-bond donors (Lipinski definition) is 3. The first kappa shape index (κ1) is 18.9. The molecule has 20 heavy (non-hydrogen) atoms. The van der Waals surface area contributed by atoms with Crippen molar-refractivity contribution in [3.05, 3.63) is 0 Å². The molecular formula is C9H12F6O5. The van der Waals surface area contributed by atoms with Gasteiger partial charge >= 0.3 is 23.9 Å². The van der Waals surface area contributed by atoms with Gasteiger partial charge in [0.2, 0.25) is 0 Å². The minimum Gasteiger partial charge on any atom is -0.462 e. The predicted octanol–water partition coefficient (Wildman–Crippen LogP) is 0.376. The zero-order valence-electron chi connectivity index (χ0n) is 10.0. The van der Waals surface area contributed by atoms with Gasteiger partial charge in [0.1, 0.15) is 6.61 Å². The minimum absolute atomic E-state index is 0.868. The first-order chi connectivity index (χ1) is 8.75. The van der Waals surface area contributed by atoms with Crippen molar-refractivity contribution in [3.8, 4) is 0 Å². The lowest BCUT2D eigenvalue weighted by Crippen LogP contribution is -2.63. The number of aliphatic hydroxyl groups is 3. The van der Waals surface area contributed by atoms with Gasteiger partial charge in [-0.25, -0.2) is 4.79 Å². The van der Waals surface area contributed by atoms with Gasteiger partial charge in [0, 0.05) is 5.41 Å². The summed E-state index contributed by atoms with van der Waals surface area (Å²) in [6.45, 7) is -1.84. The summed E-state index contributed by atoms with van der Waals surface area (Å²) < 4.78 is 77.3. The Morgan fingerprint density at radius 1 is 1.00 bits per heavy atom. The molecule has 120 valence electrons. The fourth-order valence-electron chi connectivity index (χ4n) is 0.878. The van der Waals surface area contributed by atoms with Crippen LogP contribution in [0.5, 0.6) is 0 Å². The van der Waals surface area contributed by atoms with Crippen LogP contribution in [0.1, 0.15) is 6.92 Å². The smallest absolute Gasteiger partial charge is 0.437 e. The van der Waals surface area contributed by atoms with Crippen LogP contribution in [0.3, 0.4) is 0 Å². The number of ether oxygens (including phenoxy) is 1. The molecule has 0 radical (unpaired) electrons. The zero-order valence-corrected chi connectivity index (χ0v) is 10.0. The first-order valence-corrected chi connectivity index (χ1v) is 5.00. The molecule has 0 atom stereocenters. The van der Waals surface area contributed by atoms with Gasteiger partial charge in [-0.3, -0.25) is 0 Å². The molecule has 11 heteroatoms. The SMILES string of the molecule is CC(CO)(CO)COC(=O)C(O)(C(F)(F)F)C(F)(F)F. The normalized spacial score (nSPS) is 14.3. The maximum Gasteiger partial charge on any atom is 0.437 e. The summed E-state index contributed by atoms with van der Waals surface area (Å²) in [5.74, 6) is -2.98. The molecular weight excluding hydrogens is 302 g/mol. The van der Waals surface area contributed by atoms with Crippen LogP contribution in [0.2, 0.25) is 0 Å². The second kappa shape index (κ2) is 5.74. The number of hydrogen-bond acceptors (Lipinski definition) is 5. The summed E-state index contributed by atoms with van der Waals surface area (Å²) in [5.41, 5.74) is -7.32. The molecule has 5 nitrogen and oxygen atoms in total. The molecule has 0 aromatic rings. The number of aliphatic hydroxyl groups excluding tert-OH is 2. The van der Waals surface area contributed by atoms with Crippen LogP contribution in [0.25, 0.3) is 0 Å². The third-order valence-electron chi connectivity index (χ3n) is 2.43. The average molecular weight is 314 g/mol. The lowest BCUT2D eigenvalue weighted by atomic mass is 9.94. The van der Waals surface area contributed by atoms with Gasteiger partial charge in [-0.15, -0.1) is 0 Å². The Bertz CT molecular complexity index is 332. The van der Waals surface area contributed by atoms with E-state index in [9.17, 15) is 31.1 Å². The second-order valence-corrected chi connectivity index (χ2v) is 4.41. The first-order valence-electron chi connectivity index (χ1n) is 5.00. The maximum absolute atomic E-state index is 12.3. The number of rotatable bonds is 5. The van der Waals surface area contributed by atoms with Crippen LogP contribution in [-0.4, -0.2) is 59.1 Å². The zero-order chi connectivity index (χ0) is 16.4. The van der Waals surface area contributed by atoms with E-state index in [1.54, 1.807) is 0 Å². The highest BCUT2D eigenvalue weighted by Crippen LogP contribution is 2.44. The number of halogens is 6. The molecule has 0 aliphatic heterocycles. The van der Waals surface area contributed by atoms with Crippen molar-refractivity contribution in [2.24, 2.45) is 5.41 Å². The van der Waals surface area contributed by atoms with Gasteiger partial charge in [-0.1, -0.05) is 6.92 Å². The molecule has 0 rings (SSSR count). The fraction of sp³-hybridized carbons (Fsp3) is 0.889. The molecule has 0 fully saturated rings. The van der Waals surface area contributed by atoms with Crippen LogP contribution in [0.15, 0.2) is 0 Å². The highest BCUT2D eigenvalue weighted by Gasteiger charge is 2.76. The molecule has 0 unspecified atom stereocenters. The molecule has 0 aromatic carbocycles. The Labute approximate surface area is 108 Å². The molecule has 0 spiro atoms. The summed E-state index contributed by atoms with van der Waals surface area (Å²) in [5, 5.41) is 26.2. The van der Waals surface area contributed by atoms with E-state index in [0.717, 1.165) is 6.92 Å². The summed E-state index contributed by atoms with van der Waals surface area (Å²) in [7, 11) is 0. The Morgan fingerprint density at radius 3 is 1.60 bits per heavy atom. The monoisotopic (exact) mass is 314 g/mol. The Morgan fingerprint density at radius 2 is 1.35 bits per heavy atom. The lowest BCUT2D eigenvalue weighted by molar-refractivity contribution is -0.357. The lowest BCUT2D eigenvalue weighted by Gasteiger charge is -2.31. The number of esters is 1. The molecule has 0 aliphatic carbocycles. The highest BCUT2D eigenvalue weighted by molar-refractivity contribution is 5.81. The van der Waals surface area contributed by atoms with Crippen molar-refractivity contribution in [2.75, 3.05) is 19.8 Å². The highest BCUT2D eigenvalue weighted by atomic mass is 19.4. The molecule has 0 saturated carbocycles. The molecule has 3 N–H and O–H groups in total. The minimum atomic E-state index is -6.34. The van der Waals surface area contributed by atoms with E-state index >= 15 is 0 Å². The Kier molecular flexibility index (Phi) is 5.43. The second-order valence-electron chi connectivity index (χ2n) is 4.41. The van der Waals surface area contributed by atoms with Crippen molar-refractivity contribution in [1.82, 2.24) is 0 Å². The van der Waals surface area contributed by atoms with Gasteiger partial charge < -0.3 is 20.1 Å². The van der Waals surface area contributed by atoms with Crippen LogP contribution in [-0.2, 0) is 9.53 Å². The van der Waals surface area contributed by atoms with Gasteiger partial charge in [0.25, 0.3) is 0 Å². The van der Waals surface area contributed by atoms with Crippen molar-refractivity contribution >= 4 is 5.97 Å². The van der Waals surface area contributed by atoms with Crippen molar-refractivity contribution in [1.29, 1.82) is 0 Å². The third kappa shape index (κ3) is 3.52. The fourth-order valence-corrected chi connectivity index (χ4v) is 0.878. The third-order valence-corrected chi connectivity index (χ3v) is 2.43. The Balaban J connectivity index is 5.23. The largest absolute Gasteiger partial charge is 0.462 e. The molecule has 0 aromatic heterocycles. The number of carbonyl (C=O) groups is 1. The van der Waals surface area contributed by atoms with Crippen LogP contribution < -0.4 is 0 Å². The molecule has 0 amide bonds. The molecule has 0 saturated heterocycles. The van der Waals surface area contributed by atoms with E-state index in [2.05, 4.69) is 4.74 Å². The quantitative estimate of drug-likeness (QED) is 0.504. The van der Waals surface area contributed by atoms with Gasteiger partial charge in [0.15, 0.2) is 0 Å². The summed E-state index contributed by atoms with van der Waals surface area (Å²) >= 11 is 0. The van der Waals surface area contributed by atoms with Crippen molar-refractivity contribution in [3.63, 3.8) is 0 Å². The number of carbonyl (C=O) groups excluding carboxylic acids is 1. The molecule has 0 heterocycles. The van der Waals surface area contributed by atoms with Crippen LogP contribution in [0, 0.1) is 5.41 Å². The number of alkyl halides is 6. The molecule has 0 bridgehead atoms. The van der Waals surface area contributed by atoms with Crippen LogP contribution >= 0.6 is 0 Å². The summed E-state index contributed by atoms with van der Waals surface area (Å²) in [6, 6.07) is 0. The van der Waals surface area contributed by atoms with E-state index in [0.29, 0.717) is 0 Å². The van der Waals surface area contributed by atoms with E-state index < -0.39 is 49.2 Å². The molecule has 0 aliphatic rings. The van der Waals surface area contributed by atoms with E-state index in [4.69, 9.17) is 15.3 Å². The van der Waals surface area contributed by atoms with Gasteiger partial charge in [0.05, 0.1) is 13.2 Å². The maximum atomic E-state index is 12.3. The topological polar surface area (TPSA) is 87.0 Å². The van der Waals surface area contributed by atoms with Gasteiger partial charge in [-0.05, 0) is 0 Å². The van der Waals surface area contributed by atoms with Crippen molar-refractivity contribution in [2.45, 2.75) is 24.9 Å². The van der Waals surface area contributed by atoms with E-state index in [1.807, 2.05) is 0 Å². The van der Waals surface area contributed by atoms with Gasteiger partial charge in [-0.2, -0.15) is 26.3 Å². The average Bonchev–Trinajstić information content (AvgIpc) is 2.31. The standard InChI is InChI=1S/C9H12F6O5/c1-6(2-16,3-17)4-20-5(18)7(19,8(10,11)12)9(13,14)15/h16-17,19H,2-4H2,1H3. The summed E-state index contributed by atoms with van der Waals surface area (Å²) in [6.07, 6.45) is -12.7. The van der Waals surface area contributed by atoms with Crippen LogP contribution in [0.4, 0.5) is 26.3 Å². The van der Waals surface area contributed by atoms with E-state index in [1.165, 1.54) is 0 Å². The predicted molar refractivity (Wildman–Crippen MR) is 50.3 cm³/mol.